The molecule has 2 rings (SSSR count). The highest BCUT2D eigenvalue weighted by molar-refractivity contribution is 5.92. The van der Waals surface area contributed by atoms with Crippen molar-refractivity contribution in [3.8, 4) is 0 Å². The first-order chi connectivity index (χ1) is 8.34. The maximum Gasteiger partial charge on any atom is 0.306 e. The van der Waals surface area contributed by atoms with E-state index >= 15 is 0 Å². The first kappa shape index (κ1) is 13.3. The molecule has 18 heavy (non-hydrogen) atoms. The number of carbonyl (C=O) groups excluding carboxylic acids is 1. The summed E-state index contributed by atoms with van der Waals surface area (Å²) in [5, 5.41) is 9.15. The molecule has 3 nitrogen and oxygen atoms in total. The Bertz CT molecular complexity index is 410. The molecule has 0 unspecified atom stereocenters. The molecule has 0 heterocycles. The summed E-state index contributed by atoms with van der Waals surface area (Å²) in [6.07, 6.45) is 5.11. The van der Waals surface area contributed by atoms with E-state index in [1.54, 1.807) is 0 Å². The van der Waals surface area contributed by atoms with Crippen LogP contribution in [-0.4, -0.2) is 16.9 Å². The lowest BCUT2D eigenvalue weighted by atomic mass is 9.57. The van der Waals surface area contributed by atoms with E-state index in [0.29, 0.717) is 12.3 Å². The average Bonchev–Trinajstić information content (AvgIpc) is 2.29. The number of allylic oxidation sites excluding steroid dienone is 2. The number of carboxylic acid groups (broad SMARTS) is 1. The van der Waals surface area contributed by atoms with Gasteiger partial charge in [0.1, 0.15) is 0 Å². The highest BCUT2D eigenvalue weighted by Gasteiger charge is 2.45. The van der Waals surface area contributed by atoms with E-state index in [-0.39, 0.29) is 23.0 Å². The van der Waals surface area contributed by atoms with Gasteiger partial charge in [0, 0.05) is 6.42 Å². The van der Waals surface area contributed by atoms with Gasteiger partial charge in [-0.25, -0.2) is 0 Å². The maximum absolute atomic E-state index is 11.6. The van der Waals surface area contributed by atoms with Gasteiger partial charge in [-0.3, -0.25) is 9.59 Å². The fourth-order valence-electron chi connectivity index (χ4n) is 3.57. The van der Waals surface area contributed by atoms with Crippen molar-refractivity contribution in [2.75, 3.05) is 0 Å². The second-order valence-corrected chi connectivity index (χ2v) is 6.29. The van der Waals surface area contributed by atoms with Gasteiger partial charge in [-0.15, -0.1) is 0 Å². The van der Waals surface area contributed by atoms with Crippen LogP contribution in [-0.2, 0) is 9.59 Å². The molecule has 0 amide bonds. The minimum absolute atomic E-state index is 0.0283. The van der Waals surface area contributed by atoms with Gasteiger partial charge in [-0.2, -0.15) is 0 Å². The Kier molecular flexibility index (Phi) is 3.35. The highest BCUT2D eigenvalue weighted by Crippen LogP contribution is 2.52. The number of ketones is 1. The molecule has 1 saturated carbocycles. The van der Waals surface area contributed by atoms with Crippen LogP contribution in [0.2, 0.25) is 0 Å². The molecule has 3 heteroatoms. The van der Waals surface area contributed by atoms with Crippen molar-refractivity contribution in [1.82, 2.24) is 0 Å². The zero-order valence-corrected chi connectivity index (χ0v) is 11.4. The standard InChI is InChI=1S/C15H22O3/c1-9-6-13(16)7-12-5-4-11(8-15(9,12)3)10(2)14(17)18/h7,9-11H,4-6,8H2,1-3H3,(H,17,18)/t9-,10-,11-,15+/m0/s1. The molecule has 0 aliphatic heterocycles. The fraction of sp³-hybridized carbons (Fsp3) is 0.733. The summed E-state index contributed by atoms with van der Waals surface area (Å²) in [6.45, 7) is 6.14. The Morgan fingerprint density at radius 3 is 2.83 bits per heavy atom. The van der Waals surface area contributed by atoms with Gasteiger partial charge in [0.05, 0.1) is 5.92 Å². The molecule has 0 spiro atoms. The van der Waals surface area contributed by atoms with Crippen molar-refractivity contribution in [3.63, 3.8) is 0 Å². The number of hydrogen-bond donors (Lipinski definition) is 1. The Morgan fingerprint density at radius 2 is 2.22 bits per heavy atom. The zero-order chi connectivity index (χ0) is 13.5. The second kappa shape index (κ2) is 4.52. The molecular weight excluding hydrogens is 228 g/mol. The van der Waals surface area contributed by atoms with E-state index in [1.165, 1.54) is 5.57 Å². The second-order valence-electron chi connectivity index (χ2n) is 6.29. The van der Waals surface area contributed by atoms with E-state index in [2.05, 4.69) is 13.8 Å². The third-order valence-electron chi connectivity index (χ3n) is 5.23. The van der Waals surface area contributed by atoms with Crippen LogP contribution in [0.25, 0.3) is 0 Å². The summed E-state index contributed by atoms with van der Waals surface area (Å²) >= 11 is 0. The van der Waals surface area contributed by atoms with E-state index in [4.69, 9.17) is 5.11 Å². The van der Waals surface area contributed by atoms with Crippen LogP contribution >= 0.6 is 0 Å². The monoisotopic (exact) mass is 250 g/mol. The number of fused-ring (bicyclic) bond motifs is 1. The normalized spacial score (nSPS) is 37.7. The predicted molar refractivity (Wildman–Crippen MR) is 69.1 cm³/mol. The largest absolute Gasteiger partial charge is 0.481 e. The van der Waals surface area contributed by atoms with Crippen LogP contribution in [0.3, 0.4) is 0 Å². The van der Waals surface area contributed by atoms with Crippen molar-refractivity contribution in [2.24, 2.45) is 23.2 Å². The van der Waals surface area contributed by atoms with Crippen molar-refractivity contribution >= 4 is 11.8 Å². The fourth-order valence-corrected chi connectivity index (χ4v) is 3.57. The summed E-state index contributed by atoms with van der Waals surface area (Å²) in [7, 11) is 0. The number of hydrogen-bond acceptors (Lipinski definition) is 2. The highest BCUT2D eigenvalue weighted by atomic mass is 16.4. The molecule has 100 valence electrons. The summed E-state index contributed by atoms with van der Waals surface area (Å²) in [4.78, 5) is 22.8. The first-order valence-electron chi connectivity index (χ1n) is 6.81. The number of rotatable bonds is 2. The molecule has 0 bridgehead atoms. The van der Waals surface area contributed by atoms with Crippen molar-refractivity contribution in [3.05, 3.63) is 11.6 Å². The molecule has 0 aromatic rings. The maximum atomic E-state index is 11.6. The van der Waals surface area contributed by atoms with E-state index < -0.39 is 5.97 Å². The molecule has 0 aromatic carbocycles. The van der Waals surface area contributed by atoms with Crippen molar-refractivity contribution < 1.29 is 14.7 Å². The average molecular weight is 250 g/mol. The van der Waals surface area contributed by atoms with Gasteiger partial charge < -0.3 is 5.11 Å². The van der Waals surface area contributed by atoms with Crippen molar-refractivity contribution in [2.45, 2.75) is 46.5 Å². The first-order valence-corrected chi connectivity index (χ1v) is 6.81. The smallest absolute Gasteiger partial charge is 0.306 e. The molecular formula is C15H22O3. The molecule has 2 aliphatic rings. The molecule has 4 atom stereocenters. The third-order valence-corrected chi connectivity index (χ3v) is 5.23. The summed E-state index contributed by atoms with van der Waals surface area (Å²) in [5.74, 6) is -0.183. The molecule has 2 aliphatic carbocycles. The van der Waals surface area contributed by atoms with Crippen LogP contribution in [0.15, 0.2) is 11.6 Å². The van der Waals surface area contributed by atoms with Gasteiger partial charge >= 0.3 is 5.97 Å². The van der Waals surface area contributed by atoms with Gasteiger partial charge in [-0.1, -0.05) is 26.3 Å². The summed E-state index contributed by atoms with van der Waals surface area (Å²) < 4.78 is 0. The zero-order valence-electron chi connectivity index (χ0n) is 11.4. The lowest BCUT2D eigenvalue weighted by Crippen LogP contribution is -2.40. The number of carboxylic acids is 1. The van der Waals surface area contributed by atoms with Crippen LogP contribution in [0.5, 0.6) is 0 Å². The number of aliphatic carboxylic acids is 1. The molecule has 0 radical (unpaired) electrons. The SMILES string of the molecule is C[C@H](C(=O)O)[C@H]1CCC2=CC(=O)C[C@H](C)[C@@]2(C)C1. The number of carbonyl (C=O) groups is 2. The van der Waals surface area contributed by atoms with Crippen LogP contribution in [0.1, 0.15) is 46.5 Å². The molecule has 0 saturated heterocycles. The quantitative estimate of drug-likeness (QED) is 0.819. The van der Waals surface area contributed by atoms with E-state index in [0.717, 1.165) is 19.3 Å². The molecule has 1 N–H and O–H groups in total. The van der Waals surface area contributed by atoms with Crippen LogP contribution in [0, 0.1) is 23.2 Å². The van der Waals surface area contributed by atoms with E-state index in [9.17, 15) is 9.59 Å². The lowest BCUT2D eigenvalue weighted by molar-refractivity contribution is -0.144. The van der Waals surface area contributed by atoms with Crippen molar-refractivity contribution in [1.29, 1.82) is 0 Å². The molecule has 0 aromatic heterocycles. The predicted octanol–water partition coefficient (Wildman–Crippen LogP) is 3.05. The van der Waals surface area contributed by atoms with Crippen LogP contribution < -0.4 is 0 Å². The van der Waals surface area contributed by atoms with Gasteiger partial charge in [0.15, 0.2) is 5.78 Å². The Hall–Kier alpha value is -1.12. The topological polar surface area (TPSA) is 54.4 Å². The van der Waals surface area contributed by atoms with E-state index in [1.807, 2.05) is 13.0 Å². The van der Waals surface area contributed by atoms with Gasteiger partial charge in [-0.05, 0) is 42.6 Å². The van der Waals surface area contributed by atoms with Crippen LogP contribution in [0.4, 0.5) is 0 Å². The minimum Gasteiger partial charge on any atom is -0.481 e. The minimum atomic E-state index is -0.699. The van der Waals surface area contributed by atoms with Gasteiger partial charge in [0.25, 0.3) is 0 Å². The lowest BCUT2D eigenvalue weighted by Gasteiger charge is -2.47. The molecule has 1 fully saturated rings. The summed E-state index contributed by atoms with van der Waals surface area (Å²) in [6, 6.07) is 0. The van der Waals surface area contributed by atoms with Gasteiger partial charge in [0.2, 0.25) is 0 Å². The third kappa shape index (κ3) is 2.11. The Labute approximate surface area is 108 Å². The Morgan fingerprint density at radius 1 is 1.56 bits per heavy atom. The Balaban J connectivity index is 2.23. The summed E-state index contributed by atoms with van der Waals surface area (Å²) in [5.41, 5.74) is 1.28.